The van der Waals surface area contributed by atoms with Gasteiger partial charge < -0.3 is 14.6 Å². The van der Waals surface area contributed by atoms with Crippen molar-refractivity contribution in [2.75, 3.05) is 20.8 Å². The number of rotatable bonds is 7. The summed E-state index contributed by atoms with van der Waals surface area (Å²) in [4.78, 5) is 0. The molecule has 1 N–H and O–H groups in total. The van der Waals surface area contributed by atoms with E-state index in [0.29, 0.717) is 13.0 Å². The first kappa shape index (κ1) is 14.3. The SMILES string of the molecule is COc1ccc(OC)c(Cn2cc(CCCO)nn2)c1. The minimum Gasteiger partial charge on any atom is -0.497 e. The third-order valence-corrected chi connectivity index (χ3v) is 3.00. The number of aromatic nitrogens is 3. The van der Waals surface area contributed by atoms with Crippen LogP contribution in [0.15, 0.2) is 24.4 Å². The topological polar surface area (TPSA) is 69.4 Å². The molecule has 0 aliphatic heterocycles. The lowest BCUT2D eigenvalue weighted by atomic mass is 10.2. The monoisotopic (exact) mass is 277 g/mol. The van der Waals surface area contributed by atoms with Gasteiger partial charge in [-0.05, 0) is 31.0 Å². The molecule has 20 heavy (non-hydrogen) atoms. The number of nitrogens with zero attached hydrogens (tertiary/aromatic N) is 3. The van der Waals surface area contributed by atoms with Gasteiger partial charge in [0.2, 0.25) is 0 Å². The van der Waals surface area contributed by atoms with E-state index in [9.17, 15) is 0 Å². The predicted octanol–water partition coefficient (Wildman–Crippen LogP) is 1.27. The van der Waals surface area contributed by atoms with Gasteiger partial charge in [-0.1, -0.05) is 5.21 Å². The van der Waals surface area contributed by atoms with Crippen LogP contribution < -0.4 is 9.47 Å². The van der Waals surface area contributed by atoms with Gasteiger partial charge in [-0.15, -0.1) is 5.10 Å². The van der Waals surface area contributed by atoms with Gasteiger partial charge in [0.1, 0.15) is 11.5 Å². The predicted molar refractivity (Wildman–Crippen MR) is 74.1 cm³/mol. The number of hydrogen-bond donors (Lipinski definition) is 1. The largest absolute Gasteiger partial charge is 0.497 e. The maximum Gasteiger partial charge on any atom is 0.124 e. The van der Waals surface area contributed by atoms with Gasteiger partial charge in [0, 0.05) is 18.4 Å². The molecule has 0 radical (unpaired) electrons. The molecule has 0 atom stereocenters. The maximum atomic E-state index is 8.81. The molecular formula is C14H19N3O3. The molecule has 2 rings (SSSR count). The zero-order valence-electron chi connectivity index (χ0n) is 11.7. The van der Waals surface area contributed by atoms with Crippen molar-refractivity contribution >= 4 is 0 Å². The number of aliphatic hydroxyl groups excluding tert-OH is 1. The van der Waals surface area contributed by atoms with Crippen molar-refractivity contribution in [3.8, 4) is 11.5 Å². The maximum absolute atomic E-state index is 8.81. The fraction of sp³-hybridized carbons (Fsp3) is 0.429. The first-order valence-corrected chi connectivity index (χ1v) is 6.47. The molecule has 0 saturated carbocycles. The quantitative estimate of drug-likeness (QED) is 0.825. The molecule has 0 fully saturated rings. The lowest BCUT2D eigenvalue weighted by Crippen LogP contribution is -2.03. The highest BCUT2D eigenvalue weighted by Crippen LogP contribution is 2.24. The van der Waals surface area contributed by atoms with Crippen molar-refractivity contribution in [2.24, 2.45) is 0 Å². The highest BCUT2D eigenvalue weighted by molar-refractivity contribution is 5.40. The average Bonchev–Trinajstić information content (AvgIpc) is 2.92. The van der Waals surface area contributed by atoms with Crippen molar-refractivity contribution < 1.29 is 14.6 Å². The zero-order valence-corrected chi connectivity index (χ0v) is 11.7. The third-order valence-electron chi connectivity index (χ3n) is 3.00. The minimum absolute atomic E-state index is 0.163. The number of benzene rings is 1. The van der Waals surface area contributed by atoms with E-state index in [2.05, 4.69) is 10.3 Å². The van der Waals surface area contributed by atoms with E-state index in [1.165, 1.54) is 0 Å². The van der Waals surface area contributed by atoms with E-state index in [0.717, 1.165) is 29.2 Å². The summed E-state index contributed by atoms with van der Waals surface area (Å²) in [5.41, 5.74) is 1.85. The molecule has 1 aromatic heterocycles. The minimum atomic E-state index is 0.163. The Morgan fingerprint density at radius 1 is 1.25 bits per heavy atom. The second-order valence-electron chi connectivity index (χ2n) is 4.41. The molecule has 1 heterocycles. The molecule has 1 aromatic carbocycles. The summed E-state index contributed by atoms with van der Waals surface area (Å²) < 4.78 is 12.3. The van der Waals surface area contributed by atoms with Crippen LogP contribution >= 0.6 is 0 Å². The fourth-order valence-corrected chi connectivity index (χ4v) is 1.97. The Hall–Kier alpha value is -2.08. The molecule has 0 bridgehead atoms. The Balaban J connectivity index is 2.14. The van der Waals surface area contributed by atoms with Gasteiger partial charge in [0.25, 0.3) is 0 Å². The molecule has 6 nitrogen and oxygen atoms in total. The number of methoxy groups -OCH3 is 2. The van der Waals surface area contributed by atoms with Gasteiger partial charge in [-0.3, -0.25) is 0 Å². The smallest absolute Gasteiger partial charge is 0.124 e. The summed E-state index contributed by atoms with van der Waals surface area (Å²) in [5, 5.41) is 17.0. The summed E-state index contributed by atoms with van der Waals surface area (Å²) in [6.45, 7) is 0.725. The van der Waals surface area contributed by atoms with Crippen LogP contribution in [0.25, 0.3) is 0 Å². The van der Waals surface area contributed by atoms with Crippen molar-refractivity contribution in [3.63, 3.8) is 0 Å². The first-order valence-electron chi connectivity index (χ1n) is 6.47. The summed E-state index contributed by atoms with van der Waals surface area (Å²) >= 11 is 0. The number of hydrogen-bond acceptors (Lipinski definition) is 5. The Labute approximate surface area is 117 Å². The Morgan fingerprint density at radius 2 is 2.10 bits per heavy atom. The lowest BCUT2D eigenvalue weighted by molar-refractivity contribution is 0.288. The Kier molecular flexibility index (Phi) is 4.95. The van der Waals surface area contributed by atoms with Crippen LogP contribution in [0, 0.1) is 0 Å². The summed E-state index contributed by atoms with van der Waals surface area (Å²) in [6, 6.07) is 5.65. The Bertz CT molecular complexity index is 554. The second kappa shape index (κ2) is 6.91. The number of aryl methyl sites for hydroxylation is 1. The van der Waals surface area contributed by atoms with Crippen molar-refractivity contribution in [2.45, 2.75) is 19.4 Å². The molecule has 0 amide bonds. The van der Waals surface area contributed by atoms with E-state index in [4.69, 9.17) is 14.6 Å². The van der Waals surface area contributed by atoms with Gasteiger partial charge in [0.05, 0.1) is 26.5 Å². The average molecular weight is 277 g/mol. The highest BCUT2D eigenvalue weighted by atomic mass is 16.5. The molecule has 108 valence electrons. The normalized spacial score (nSPS) is 10.6. The van der Waals surface area contributed by atoms with Gasteiger partial charge >= 0.3 is 0 Å². The second-order valence-corrected chi connectivity index (χ2v) is 4.41. The molecule has 0 spiro atoms. The molecule has 0 saturated heterocycles. The van der Waals surface area contributed by atoms with E-state index >= 15 is 0 Å². The molecule has 2 aromatic rings. The fourth-order valence-electron chi connectivity index (χ4n) is 1.97. The van der Waals surface area contributed by atoms with Crippen molar-refractivity contribution in [1.82, 2.24) is 15.0 Å². The molecule has 0 aliphatic carbocycles. The van der Waals surface area contributed by atoms with Crippen molar-refractivity contribution in [3.05, 3.63) is 35.7 Å². The number of aliphatic hydroxyl groups is 1. The summed E-state index contributed by atoms with van der Waals surface area (Å²) in [6.07, 6.45) is 3.31. The highest BCUT2D eigenvalue weighted by Gasteiger charge is 2.08. The van der Waals surface area contributed by atoms with Gasteiger partial charge in [0.15, 0.2) is 0 Å². The van der Waals surface area contributed by atoms with Crippen LogP contribution in [-0.2, 0) is 13.0 Å². The number of ether oxygens (including phenoxy) is 2. The first-order chi connectivity index (χ1) is 9.76. The molecular weight excluding hydrogens is 258 g/mol. The van der Waals surface area contributed by atoms with Gasteiger partial charge in [-0.2, -0.15) is 0 Å². The molecule has 0 aliphatic rings. The standard InChI is InChI=1S/C14H19N3O3/c1-19-13-5-6-14(20-2)11(8-13)9-17-10-12(15-16-17)4-3-7-18/h5-6,8,10,18H,3-4,7,9H2,1-2H3. The van der Waals surface area contributed by atoms with E-state index in [1.54, 1.807) is 18.9 Å². The van der Waals surface area contributed by atoms with E-state index in [1.807, 2.05) is 24.4 Å². The van der Waals surface area contributed by atoms with Gasteiger partial charge in [-0.25, -0.2) is 4.68 Å². The molecule has 6 heteroatoms. The van der Waals surface area contributed by atoms with Crippen LogP contribution in [0.5, 0.6) is 11.5 Å². The summed E-state index contributed by atoms with van der Waals surface area (Å²) in [5.74, 6) is 1.57. The zero-order chi connectivity index (χ0) is 14.4. The summed E-state index contributed by atoms with van der Waals surface area (Å²) in [7, 11) is 3.27. The van der Waals surface area contributed by atoms with Crippen LogP contribution in [0.1, 0.15) is 17.7 Å². The van der Waals surface area contributed by atoms with Crippen LogP contribution in [0.4, 0.5) is 0 Å². The van der Waals surface area contributed by atoms with Crippen LogP contribution in [-0.4, -0.2) is 40.9 Å². The lowest BCUT2D eigenvalue weighted by Gasteiger charge is -2.10. The van der Waals surface area contributed by atoms with Crippen molar-refractivity contribution in [1.29, 1.82) is 0 Å². The Morgan fingerprint density at radius 3 is 2.80 bits per heavy atom. The third kappa shape index (κ3) is 3.48. The van der Waals surface area contributed by atoms with E-state index in [-0.39, 0.29) is 6.61 Å². The molecule has 0 unspecified atom stereocenters. The van der Waals surface area contributed by atoms with Crippen LogP contribution in [0.2, 0.25) is 0 Å². The van der Waals surface area contributed by atoms with Crippen LogP contribution in [0.3, 0.4) is 0 Å². The van der Waals surface area contributed by atoms with E-state index < -0.39 is 0 Å².